The zero-order chi connectivity index (χ0) is 16.1. The average Bonchev–Trinajstić information content (AvgIpc) is 2.49. The number of nitrogens with one attached hydrogen (secondary N) is 1. The second-order valence-corrected chi connectivity index (χ2v) is 5.04. The van der Waals surface area contributed by atoms with Gasteiger partial charge in [0.1, 0.15) is 6.61 Å². The van der Waals surface area contributed by atoms with E-state index >= 15 is 0 Å². The van der Waals surface area contributed by atoms with E-state index in [0.717, 1.165) is 17.7 Å². The van der Waals surface area contributed by atoms with Crippen LogP contribution in [0.5, 0.6) is 0 Å². The highest BCUT2D eigenvalue weighted by molar-refractivity contribution is 6.40. The van der Waals surface area contributed by atoms with Crippen LogP contribution in [-0.4, -0.2) is 11.0 Å². The Bertz CT molecular complexity index is 684. The van der Waals surface area contributed by atoms with Gasteiger partial charge in [-0.1, -0.05) is 53.5 Å². The first kappa shape index (κ1) is 16.1. The zero-order valence-electron chi connectivity index (χ0n) is 11.1. The standard InChI is InChI=1S/C14H10Cl2N2O4/c15-11-6-10(18(20)21)7-12(16)13(11)17-14(19)22-8-9-4-2-1-3-5-9/h1-7H,8H2,(H,17,19). The van der Waals surface area contributed by atoms with Crippen molar-refractivity contribution in [3.8, 4) is 0 Å². The fourth-order valence-corrected chi connectivity index (χ4v) is 2.22. The Hall–Kier alpha value is -2.31. The molecule has 0 fully saturated rings. The number of nitro groups is 1. The average molecular weight is 341 g/mol. The van der Waals surface area contributed by atoms with Crippen molar-refractivity contribution in [1.29, 1.82) is 0 Å². The third-order valence-corrected chi connectivity index (χ3v) is 3.27. The van der Waals surface area contributed by atoms with Crippen molar-refractivity contribution >= 4 is 40.7 Å². The molecule has 0 aliphatic rings. The highest BCUT2D eigenvalue weighted by Gasteiger charge is 2.16. The molecule has 0 unspecified atom stereocenters. The van der Waals surface area contributed by atoms with Crippen LogP contribution in [0.1, 0.15) is 5.56 Å². The Morgan fingerprint density at radius 1 is 1.18 bits per heavy atom. The molecule has 8 heteroatoms. The molecule has 114 valence electrons. The molecule has 0 aliphatic carbocycles. The Morgan fingerprint density at radius 3 is 2.32 bits per heavy atom. The number of nitro benzene ring substituents is 1. The van der Waals surface area contributed by atoms with Gasteiger partial charge in [-0.3, -0.25) is 15.4 Å². The molecule has 1 N–H and O–H groups in total. The molecule has 2 rings (SSSR count). The van der Waals surface area contributed by atoms with Crippen LogP contribution in [-0.2, 0) is 11.3 Å². The molecular formula is C14H10Cl2N2O4. The first-order valence-electron chi connectivity index (χ1n) is 6.08. The van der Waals surface area contributed by atoms with Crippen LogP contribution in [0, 0.1) is 10.1 Å². The molecule has 0 saturated heterocycles. The summed E-state index contributed by atoms with van der Waals surface area (Å²) in [5, 5.41) is 13.0. The number of non-ortho nitro benzene ring substituents is 1. The normalized spacial score (nSPS) is 10.1. The molecule has 2 aromatic carbocycles. The number of carbonyl (C=O) groups excluding carboxylic acids is 1. The molecule has 0 aliphatic heterocycles. The van der Waals surface area contributed by atoms with Gasteiger partial charge in [0.05, 0.1) is 20.7 Å². The molecule has 1 amide bonds. The number of ether oxygens (including phenoxy) is 1. The Morgan fingerprint density at radius 2 is 1.77 bits per heavy atom. The first-order valence-corrected chi connectivity index (χ1v) is 6.84. The summed E-state index contributed by atoms with van der Waals surface area (Å²) in [6, 6.07) is 11.3. The van der Waals surface area contributed by atoms with Gasteiger partial charge >= 0.3 is 6.09 Å². The fraction of sp³-hybridized carbons (Fsp3) is 0.0714. The minimum Gasteiger partial charge on any atom is -0.444 e. The maximum Gasteiger partial charge on any atom is 0.412 e. The summed E-state index contributed by atoms with van der Waals surface area (Å²) in [4.78, 5) is 21.8. The van der Waals surface area contributed by atoms with E-state index in [1.54, 1.807) is 12.1 Å². The Kier molecular flexibility index (Phi) is 5.19. The molecule has 0 radical (unpaired) electrons. The van der Waals surface area contributed by atoms with Gasteiger partial charge < -0.3 is 4.74 Å². The third kappa shape index (κ3) is 4.09. The molecular weight excluding hydrogens is 331 g/mol. The number of anilines is 1. The van der Waals surface area contributed by atoms with Crippen molar-refractivity contribution in [2.75, 3.05) is 5.32 Å². The van der Waals surface area contributed by atoms with Crippen LogP contribution < -0.4 is 5.32 Å². The second kappa shape index (κ2) is 7.11. The van der Waals surface area contributed by atoms with E-state index in [1.165, 1.54) is 0 Å². The molecule has 0 saturated carbocycles. The second-order valence-electron chi connectivity index (χ2n) is 4.23. The quantitative estimate of drug-likeness (QED) is 0.648. The summed E-state index contributed by atoms with van der Waals surface area (Å²) >= 11 is 11.8. The summed E-state index contributed by atoms with van der Waals surface area (Å²) < 4.78 is 5.02. The Balaban J connectivity index is 2.04. The van der Waals surface area contributed by atoms with Crippen LogP contribution in [0.2, 0.25) is 10.0 Å². The van der Waals surface area contributed by atoms with Crippen molar-refractivity contribution in [3.63, 3.8) is 0 Å². The van der Waals surface area contributed by atoms with E-state index in [0.29, 0.717) is 0 Å². The highest BCUT2D eigenvalue weighted by Crippen LogP contribution is 2.34. The van der Waals surface area contributed by atoms with Gasteiger partial charge in [0.25, 0.3) is 5.69 Å². The predicted molar refractivity (Wildman–Crippen MR) is 83.4 cm³/mol. The molecule has 0 aromatic heterocycles. The Labute approximate surface area is 135 Å². The fourth-order valence-electron chi connectivity index (χ4n) is 1.65. The number of hydrogen-bond donors (Lipinski definition) is 1. The number of hydrogen-bond acceptors (Lipinski definition) is 4. The molecule has 0 bridgehead atoms. The van der Waals surface area contributed by atoms with Gasteiger partial charge in [-0.2, -0.15) is 0 Å². The van der Waals surface area contributed by atoms with Crippen molar-refractivity contribution < 1.29 is 14.5 Å². The highest BCUT2D eigenvalue weighted by atomic mass is 35.5. The van der Waals surface area contributed by atoms with Gasteiger partial charge in [-0.25, -0.2) is 4.79 Å². The molecule has 0 spiro atoms. The van der Waals surface area contributed by atoms with E-state index in [-0.39, 0.29) is 28.0 Å². The minimum atomic E-state index is -0.762. The molecule has 2 aromatic rings. The minimum absolute atomic E-state index is 0.0455. The van der Waals surface area contributed by atoms with Crippen LogP contribution in [0.15, 0.2) is 42.5 Å². The molecule has 0 atom stereocenters. The van der Waals surface area contributed by atoms with Crippen molar-refractivity contribution in [1.82, 2.24) is 0 Å². The van der Waals surface area contributed by atoms with Crippen molar-refractivity contribution in [3.05, 3.63) is 68.2 Å². The lowest BCUT2D eigenvalue weighted by molar-refractivity contribution is -0.384. The number of amides is 1. The van der Waals surface area contributed by atoms with Gasteiger partial charge in [-0.05, 0) is 5.56 Å². The van der Waals surface area contributed by atoms with Crippen LogP contribution in [0.25, 0.3) is 0 Å². The monoisotopic (exact) mass is 340 g/mol. The number of nitrogens with zero attached hydrogens (tertiary/aromatic N) is 1. The van der Waals surface area contributed by atoms with Gasteiger partial charge in [0.15, 0.2) is 0 Å². The summed E-state index contributed by atoms with van der Waals surface area (Å²) in [6.45, 7) is 0.0783. The maximum atomic E-state index is 11.7. The van der Waals surface area contributed by atoms with Gasteiger partial charge in [-0.15, -0.1) is 0 Å². The maximum absolute atomic E-state index is 11.7. The van der Waals surface area contributed by atoms with E-state index in [1.807, 2.05) is 18.2 Å². The van der Waals surface area contributed by atoms with Crippen LogP contribution in [0.3, 0.4) is 0 Å². The largest absolute Gasteiger partial charge is 0.444 e. The molecule has 0 heterocycles. The van der Waals surface area contributed by atoms with Crippen LogP contribution in [0.4, 0.5) is 16.2 Å². The predicted octanol–water partition coefficient (Wildman–Crippen LogP) is 4.65. The number of carbonyl (C=O) groups is 1. The lowest BCUT2D eigenvalue weighted by atomic mass is 10.2. The smallest absolute Gasteiger partial charge is 0.412 e. The van der Waals surface area contributed by atoms with Gasteiger partial charge in [0.2, 0.25) is 0 Å². The number of halogens is 2. The lowest BCUT2D eigenvalue weighted by Gasteiger charge is -2.10. The SMILES string of the molecule is O=C(Nc1c(Cl)cc([N+](=O)[O-])cc1Cl)OCc1ccccc1. The van der Waals surface area contributed by atoms with E-state index < -0.39 is 11.0 Å². The van der Waals surface area contributed by atoms with E-state index in [2.05, 4.69) is 5.32 Å². The molecule has 22 heavy (non-hydrogen) atoms. The molecule has 6 nitrogen and oxygen atoms in total. The summed E-state index contributed by atoms with van der Waals surface area (Å²) in [6.07, 6.45) is -0.762. The summed E-state index contributed by atoms with van der Waals surface area (Å²) in [5.41, 5.74) is 0.615. The third-order valence-electron chi connectivity index (χ3n) is 2.68. The first-order chi connectivity index (χ1) is 10.5. The lowest BCUT2D eigenvalue weighted by Crippen LogP contribution is -2.14. The van der Waals surface area contributed by atoms with Gasteiger partial charge in [0, 0.05) is 12.1 Å². The van der Waals surface area contributed by atoms with Crippen LogP contribution >= 0.6 is 23.2 Å². The number of benzene rings is 2. The summed E-state index contributed by atoms with van der Waals surface area (Å²) in [5.74, 6) is 0. The van der Waals surface area contributed by atoms with E-state index in [9.17, 15) is 14.9 Å². The topological polar surface area (TPSA) is 81.5 Å². The number of rotatable bonds is 4. The van der Waals surface area contributed by atoms with Crippen molar-refractivity contribution in [2.24, 2.45) is 0 Å². The summed E-state index contributed by atoms with van der Waals surface area (Å²) in [7, 11) is 0. The van der Waals surface area contributed by atoms with Crippen molar-refractivity contribution in [2.45, 2.75) is 6.61 Å². The zero-order valence-corrected chi connectivity index (χ0v) is 12.6. The van der Waals surface area contributed by atoms with E-state index in [4.69, 9.17) is 27.9 Å².